The third-order valence-electron chi connectivity index (χ3n) is 7.73. The van der Waals surface area contributed by atoms with Crippen LogP contribution in [0.1, 0.15) is 31.8 Å². The Morgan fingerprint density at radius 1 is 0.791 bits per heavy atom. The van der Waals surface area contributed by atoms with E-state index in [0.29, 0.717) is 37.6 Å². The molecule has 5 rings (SSSR count). The average molecular weight is 596 g/mol. The monoisotopic (exact) mass is 595 g/mol. The highest BCUT2D eigenvalue weighted by Gasteiger charge is 2.31. The first-order valence-electron chi connectivity index (χ1n) is 14.5. The second-order valence-electron chi connectivity index (χ2n) is 10.7. The lowest BCUT2D eigenvalue weighted by Gasteiger charge is -2.37. The minimum absolute atomic E-state index is 0.120. The maximum atomic E-state index is 13.5. The zero-order valence-corrected chi connectivity index (χ0v) is 23.9. The molecule has 228 valence electrons. The number of hydrogen-bond donors (Lipinski definition) is 2. The molecule has 8 nitrogen and oxygen atoms in total. The molecule has 0 bridgehead atoms. The minimum Gasteiger partial charge on any atom is -0.379 e. The Morgan fingerprint density at radius 2 is 1.53 bits per heavy atom. The van der Waals surface area contributed by atoms with Crippen LogP contribution in [0.15, 0.2) is 72.8 Å². The van der Waals surface area contributed by atoms with Crippen LogP contribution in [0.25, 0.3) is 0 Å². The van der Waals surface area contributed by atoms with E-state index in [1.807, 2.05) is 18.2 Å². The quantitative estimate of drug-likeness (QED) is 0.384. The topological polar surface area (TPSA) is 77.2 Å². The van der Waals surface area contributed by atoms with Crippen LogP contribution in [-0.4, -0.2) is 87.2 Å². The van der Waals surface area contributed by atoms with Crippen LogP contribution in [0.3, 0.4) is 0 Å². The van der Waals surface area contributed by atoms with Crippen molar-refractivity contribution < 1.29 is 27.5 Å². The summed E-state index contributed by atoms with van der Waals surface area (Å²) in [6.07, 6.45) is -4.56. The fourth-order valence-corrected chi connectivity index (χ4v) is 5.35. The molecule has 0 spiro atoms. The molecular formula is C32H36F3N5O3. The Bertz CT molecular complexity index is 1390. The number of piperazine rings is 1. The van der Waals surface area contributed by atoms with Gasteiger partial charge < -0.3 is 20.3 Å². The van der Waals surface area contributed by atoms with Gasteiger partial charge in [-0.05, 0) is 42.0 Å². The van der Waals surface area contributed by atoms with Crippen molar-refractivity contribution in [3.8, 4) is 0 Å². The number of ether oxygens (including phenoxy) is 1. The van der Waals surface area contributed by atoms with E-state index < -0.39 is 17.6 Å². The normalized spacial score (nSPS) is 16.6. The first-order chi connectivity index (χ1) is 20.8. The number of nitrogens with one attached hydrogen (secondary N) is 2. The summed E-state index contributed by atoms with van der Waals surface area (Å²) < 4.78 is 44.9. The van der Waals surface area contributed by atoms with Crippen molar-refractivity contribution >= 4 is 23.2 Å². The molecule has 43 heavy (non-hydrogen) atoms. The van der Waals surface area contributed by atoms with Crippen LogP contribution in [0.2, 0.25) is 0 Å². The second kappa shape index (κ2) is 14.0. The maximum Gasteiger partial charge on any atom is 0.416 e. The first kappa shape index (κ1) is 30.5. The van der Waals surface area contributed by atoms with E-state index in [1.54, 1.807) is 18.2 Å². The zero-order valence-electron chi connectivity index (χ0n) is 23.9. The van der Waals surface area contributed by atoms with Gasteiger partial charge >= 0.3 is 6.18 Å². The van der Waals surface area contributed by atoms with Gasteiger partial charge in [-0.25, -0.2) is 0 Å². The second-order valence-corrected chi connectivity index (χ2v) is 10.7. The Morgan fingerprint density at radius 3 is 2.26 bits per heavy atom. The molecule has 0 unspecified atom stereocenters. The maximum absolute atomic E-state index is 13.5. The van der Waals surface area contributed by atoms with Gasteiger partial charge in [0.2, 0.25) is 0 Å². The molecular weight excluding hydrogens is 559 g/mol. The van der Waals surface area contributed by atoms with Crippen molar-refractivity contribution in [2.24, 2.45) is 0 Å². The number of carbonyl (C=O) groups is 2. The highest BCUT2D eigenvalue weighted by atomic mass is 19.4. The lowest BCUT2D eigenvalue weighted by Crippen LogP contribution is -2.46. The van der Waals surface area contributed by atoms with Crippen LogP contribution >= 0.6 is 0 Å². The Hall–Kier alpha value is -3.93. The van der Waals surface area contributed by atoms with Gasteiger partial charge in [0.15, 0.2) is 0 Å². The molecule has 3 aromatic rings. The van der Waals surface area contributed by atoms with E-state index in [1.165, 1.54) is 17.7 Å². The highest BCUT2D eigenvalue weighted by Crippen LogP contribution is 2.30. The molecule has 0 aliphatic carbocycles. The van der Waals surface area contributed by atoms with E-state index in [0.717, 1.165) is 63.6 Å². The summed E-state index contributed by atoms with van der Waals surface area (Å²) in [6, 6.07) is 19.6. The number of benzene rings is 3. The van der Waals surface area contributed by atoms with Crippen LogP contribution in [-0.2, 0) is 17.5 Å². The van der Waals surface area contributed by atoms with Gasteiger partial charge in [0.05, 0.1) is 24.3 Å². The number of carbonyl (C=O) groups excluding carboxylic acids is 2. The van der Waals surface area contributed by atoms with Crippen molar-refractivity contribution in [3.05, 3.63) is 95.1 Å². The third-order valence-corrected chi connectivity index (χ3v) is 7.73. The number of hydrogen-bond acceptors (Lipinski definition) is 6. The lowest BCUT2D eigenvalue weighted by atomic mass is 10.1. The fourth-order valence-electron chi connectivity index (χ4n) is 5.35. The Kier molecular flexibility index (Phi) is 9.96. The molecule has 0 atom stereocenters. The summed E-state index contributed by atoms with van der Waals surface area (Å²) in [5.74, 6) is -0.961. The van der Waals surface area contributed by atoms with Crippen molar-refractivity contribution in [1.29, 1.82) is 0 Å². The Labute approximate surface area is 249 Å². The third kappa shape index (κ3) is 8.34. The van der Waals surface area contributed by atoms with Gasteiger partial charge in [-0.2, -0.15) is 13.2 Å². The fraction of sp³-hybridized carbons (Fsp3) is 0.375. The molecule has 11 heteroatoms. The van der Waals surface area contributed by atoms with E-state index in [9.17, 15) is 22.8 Å². The first-order valence-corrected chi connectivity index (χ1v) is 14.5. The predicted octanol–water partition coefficient (Wildman–Crippen LogP) is 4.34. The van der Waals surface area contributed by atoms with Gasteiger partial charge in [-0.3, -0.25) is 19.4 Å². The molecule has 0 saturated carbocycles. The molecule has 2 aliphatic rings. The molecule has 0 radical (unpaired) electrons. The predicted molar refractivity (Wildman–Crippen MR) is 159 cm³/mol. The van der Waals surface area contributed by atoms with E-state index >= 15 is 0 Å². The van der Waals surface area contributed by atoms with Crippen LogP contribution in [0.5, 0.6) is 0 Å². The molecule has 2 N–H and O–H groups in total. The van der Waals surface area contributed by atoms with E-state index in [4.69, 9.17) is 4.74 Å². The van der Waals surface area contributed by atoms with Gasteiger partial charge in [0.25, 0.3) is 11.8 Å². The SMILES string of the molecule is O=C(Nc1ccc(N2CCN(Cc3ccccc3)CC2)c(C(=O)NCCN2CCOCC2)c1)c1cccc(C(F)(F)F)c1. The number of rotatable bonds is 9. The smallest absolute Gasteiger partial charge is 0.379 e. The molecule has 2 fully saturated rings. The zero-order chi connectivity index (χ0) is 30.2. The summed E-state index contributed by atoms with van der Waals surface area (Å²) in [4.78, 5) is 33.1. The molecule has 2 aliphatic heterocycles. The van der Waals surface area contributed by atoms with E-state index in [2.05, 4.69) is 37.5 Å². The highest BCUT2D eigenvalue weighted by molar-refractivity contribution is 6.06. The summed E-state index contributed by atoms with van der Waals surface area (Å²) in [5, 5.41) is 5.68. The number of alkyl halides is 3. The summed E-state index contributed by atoms with van der Waals surface area (Å²) in [7, 11) is 0. The number of morpholine rings is 1. The average Bonchev–Trinajstić information content (AvgIpc) is 3.02. The number of halogens is 3. The molecule has 2 heterocycles. The van der Waals surface area contributed by atoms with Crippen LogP contribution in [0, 0.1) is 0 Å². The van der Waals surface area contributed by atoms with Gasteiger partial charge in [-0.15, -0.1) is 0 Å². The molecule has 2 saturated heterocycles. The number of nitrogens with zero attached hydrogens (tertiary/aromatic N) is 3. The van der Waals surface area contributed by atoms with E-state index in [-0.39, 0.29) is 11.5 Å². The summed E-state index contributed by atoms with van der Waals surface area (Å²) in [5.41, 5.74) is 1.71. The van der Waals surface area contributed by atoms with Crippen molar-refractivity contribution in [1.82, 2.24) is 15.1 Å². The molecule has 0 aromatic heterocycles. The van der Waals surface area contributed by atoms with Crippen molar-refractivity contribution in [2.45, 2.75) is 12.7 Å². The van der Waals surface area contributed by atoms with Crippen molar-refractivity contribution in [3.63, 3.8) is 0 Å². The number of amides is 2. The molecule has 2 amide bonds. The van der Waals surface area contributed by atoms with Gasteiger partial charge in [-0.1, -0.05) is 36.4 Å². The standard InChI is InChI=1S/C32H36F3N5O3/c33-32(34,35)26-8-4-7-25(21-26)30(41)37-27-9-10-29(28(22-27)31(42)36-11-12-38-17-19-43-20-18-38)40-15-13-39(14-16-40)23-24-5-2-1-3-6-24/h1-10,21-22H,11-20,23H2,(H,36,42)(H,37,41). The van der Waals surface area contributed by atoms with Gasteiger partial charge in [0.1, 0.15) is 0 Å². The minimum atomic E-state index is -4.56. The lowest BCUT2D eigenvalue weighted by molar-refractivity contribution is -0.137. The van der Waals surface area contributed by atoms with Crippen molar-refractivity contribution in [2.75, 3.05) is 75.8 Å². The Balaban J connectivity index is 1.30. The van der Waals surface area contributed by atoms with Gasteiger partial charge in [0, 0.05) is 75.8 Å². The molecule has 3 aromatic carbocycles. The number of anilines is 2. The summed E-state index contributed by atoms with van der Waals surface area (Å²) >= 11 is 0. The van der Waals surface area contributed by atoms with Crippen LogP contribution in [0.4, 0.5) is 24.5 Å². The largest absolute Gasteiger partial charge is 0.416 e. The van der Waals surface area contributed by atoms with Crippen LogP contribution < -0.4 is 15.5 Å². The summed E-state index contributed by atoms with van der Waals surface area (Å²) in [6.45, 7) is 8.03.